The lowest BCUT2D eigenvalue weighted by molar-refractivity contribution is 0.402. The van der Waals surface area contributed by atoms with Crippen molar-refractivity contribution in [2.24, 2.45) is 0 Å². The van der Waals surface area contributed by atoms with Gasteiger partial charge < -0.3 is 9.73 Å². The van der Waals surface area contributed by atoms with Crippen LogP contribution in [0.15, 0.2) is 34.9 Å². The standard InChI is InChI=1S/C14H14Cl2FNO/c1-8(12-4-3-7-19-12)18-9(2)13-10(15)5-6-11(17)14(13)16/h3-9,18H,1-2H3/t8-,9?/m0/s1. The van der Waals surface area contributed by atoms with Gasteiger partial charge in [-0.2, -0.15) is 0 Å². The maximum Gasteiger partial charge on any atom is 0.142 e. The van der Waals surface area contributed by atoms with Crippen LogP contribution in [0.25, 0.3) is 0 Å². The van der Waals surface area contributed by atoms with E-state index in [1.165, 1.54) is 12.1 Å². The summed E-state index contributed by atoms with van der Waals surface area (Å²) in [7, 11) is 0. The van der Waals surface area contributed by atoms with E-state index < -0.39 is 5.82 Å². The zero-order chi connectivity index (χ0) is 14.0. The van der Waals surface area contributed by atoms with Crippen LogP contribution in [0.2, 0.25) is 10.0 Å². The van der Waals surface area contributed by atoms with Crippen molar-refractivity contribution in [1.29, 1.82) is 0 Å². The Hall–Kier alpha value is -1.03. The van der Waals surface area contributed by atoms with Crippen LogP contribution in [0.3, 0.4) is 0 Å². The molecule has 1 N–H and O–H groups in total. The normalized spacial score (nSPS) is 14.4. The van der Waals surface area contributed by atoms with Crippen molar-refractivity contribution in [1.82, 2.24) is 5.32 Å². The van der Waals surface area contributed by atoms with Crippen LogP contribution in [-0.4, -0.2) is 0 Å². The maximum absolute atomic E-state index is 13.5. The molecule has 0 aliphatic rings. The molecule has 2 atom stereocenters. The van der Waals surface area contributed by atoms with Crippen molar-refractivity contribution in [2.75, 3.05) is 0 Å². The van der Waals surface area contributed by atoms with E-state index in [0.29, 0.717) is 10.6 Å². The van der Waals surface area contributed by atoms with Gasteiger partial charge in [0.1, 0.15) is 11.6 Å². The fourth-order valence-electron chi connectivity index (χ4n) is 2.02. The number of benzene rings is 1. The quantitative estimate of drug-likeness (QED) is 0.791. The Kier molecular flexibility index (Phi) is 4.50. The molecule has 102 valence electrons. The predicted octanol–water partition coefficient (Wildman–Crippen LogP) is 5.14. The number of nitrogens with one attached hydrogen (secondary N) is 1. The van der Waals surface area contributed by atoms with Crippen molar-refractivity contribution in [3.05, 3.63) is 57.7 Å². The Morgan fingerprint density at radius 2 is 1.89 bits per heavy atom. The van der Waals surface area contributed by atoms with E-state index in [2.05, 4.69) is 5.32 Å². The molecule has 0 aliphatic heterocycles. The van der Waals surface area contributed by atoms with Crippen LogP contribution in [0.4, 0.5) is 4.39 Å². The van der Waals surface area contributed by atoms with E-state index in [-0.39, 0.29) is 17.1 Å². The third-order valence-electron chi connectivity index (χ3n) is 2.98. The third-order valence-corrected chi connectivity index (χ3v) is 3.70. The van der Waals surface area contributed by atoms with Crippen LogP contribution in [0.5, 0.6) is 0 Å². The zero-order valence-electron chi connectivity index (χ0n) is 10.6. The summed E-state index contributed by atoms with van der Waals surface area (Å²) in [5, 5.41) is 3.78. The number of rotatable bonds is 4. The minimum Gasteiger partial charge on any atom is -0.468 e. The summed E-state index contributed by atoms with van der Waals surface area (Å²) in [5.41, 5.74) is 0.557. The monoisotopic (exact) mass is 301 g/mol. The van der Waals surface area contributed by atoms with Crippen molar-refractivity contribution in [2.45, 2.75) is 25.9 Å². The van der Waals surface area contributed by atoms with Gasteiger partial charge in [-0.3, -0.25) is 0 Å². The van der Waals surface area contributed by atoms with Crippen molar-refractivity contribution in [3.63, 3.8) is 0 Å². The summed E-state index contributed by atoms with van der Waals surface area (Å²) in [6, 6.07) is 6.24. The Morgan fingerprint density at radius 1 is 1.16 bits per heavy atom. The molecule has 19 heavy (non-hydrogen) atoms. The molecule has 0 saturated carbocycles. The van der Waals surface area contributed by atoms with Gasteiger partial charge in [0.05, 0.1) is 17.3 Å². The van der Waals surface area contributed by atoms with Crippen molar-refractivity contribution in [3.8, 4) is 0 Å². The lowest BCUT2D eigenvalue weighted by Gasteiger charge is -2.21. The molecule has 0 aliphatic carbocycles. The van der Waals surface area contributed by atoms with E-state index in [1.54, 1.807) is 6.26 Å². The average molecular weight is 302 g/mol. The van der Waals surface area contributed by atoms with Gasteiger partial charge in [-0.25, -0.2) is 4.39 Å². The van der Waals surface area contributed by atoms with Gasteiger partial charge in [0, 0.05) is 16.6 Å². The fourth-order valence-corrected chi connectivity index (χ4v) is 2.72. The summed E-state index contributed by atoms with van der Waals surface area (Å²) >= 11 is 12.1. The molecular formula is C14H14Cl2FNO. The predicted molar refractivity (Wildman–Crippen MR) is 75.1 cm³/mol. The Balaban J connectivity index is 2.21. The smallest absolute Gasteiger partial charge is 0.142 e. The molecule has 5 heteroatoms. The highest BCUT2D eigenvalue weighted by atomic mass is 35.5. The largest absolute Gasteiger partial charge is 0.468 e. The second-order valence-electron chi connectivity index (χ2n) is 4.38. The second-order valence-corrected chi connectivity index (χ2v) is 5.17. The lowest BCUT2D eigenvalue weighted by Crippen LogP contribution is -2.22. The van der Waals surface area contributed by atoms with Gasteiger partial charge >= 0.3 is 0 Å². The first-order chi connectivity index (χ1) is 9.00. The van der Waals surface area contributed by atoms with Gasteiger partial charge in [-0.1, -0.05) is 23.2 Å². The summed E-state index contributed by atoms with van der Waals surface area (Å²) in [6.07, 6.45) is 1.61. The molecule has 1 heterocycles. The number of halogens is 3. The second kappa shape index (κ2) is 5.95. The average Bonchev–Trinajstić information content (AvgIpc) is 2.88. The Labute approximate surface area is 121 Å². The fraction of sp³-hybridized carbons (Fsp3) is 0.286. The zero-order valence-corrected chi connectivity index (χ0v) is 12.1. The molecule has 0 saturated heterocycles. The van der Waals surface area contributed by atoms with E-state index >= 15 is 0 Å². The summed E-state index contributed by atoms with van der Waals surface area (Å²) < 4.78 is 18.8. The molecule has 0 spiro atoms. The molecule has 0 bridgehead atoms. The molecule has 0 amide bonds. The minimum atomic E-state index is -0.472. The van der Waals surface area contributed by atoms with Gasteiger partial charge in [-0.15, -0.1) is 0 Å². The molecule has 0 radical (unpaired) electrons. The molecule has 2 nitrogen and oxygen atoms in total. The topological polar surface area (TPSA) is 25.2 Å². The molecule has 1 aromatic carbocycles. The molecule has 2 aromatic rings. The van der Waals surface area contributed by atoms with E-state index in [9.17, 15) is 4.39 Å². The highest BCUT2D eigenvalue weighted by Gasteiger charge is 2.19. The van der Waals surface area contributed by atoms with Gasteiger partial charge in [0.25, 0.3) is 0 Å². The molecular weight excluding hydrogens is 288 g/mol. The third kappa shape index (κ3) is 3.11. The number of furan rings is 1. The maximum atomic E-state index is 13.5. The van der Waals surface area contributed by atoms with Crippen LogP contribution in [0.1, 0.15) is 37.3 Å². The Morgan fingerprint density at radius 3 is 2.53 bits per heavy atom. The molecule has 0 fully saturated rings. The summed E-state index contributed by atoms with van der Waals surface area (Å²) in [5.74, 6) is 0.330. The SMILES string of the molecule is CC(N[C@@H](C)c1ccco1)c1c(Cl)ccc(F)c1Cl. The van der Waals surface area contributed by atoms with E-state index in [1.807, 2.05) is 26.0 Å². The highest BCUT2D eigenvalue weighted by Crippen LogP contribution is 2.33. The lowest BCUT2D eigenvalue weighted by atomic mass is 10.1. The molecule has 1 unspecified atom stereocenters. The number of hydrogen-bond donors (Lipinski definition) is 1. The highest BCUT2D eigenvalue weighted by molar-refractivity contribution is 6.36. The Bertz CT molecular complexity index is 557. The van der Waals surface area contributed by atoms with Crippen molar-refractivity contribution < 1.29 is 8.81 Å². The van der Waals surface area contributed by atoms with Gasteiger partial charge in [-0.05, 0) is 38.1 Å². The van der Waals surface area contributed by atoms with Crippen LogP contribution in [0, 0.1) is 5.82 Å². The van der Waals surface area contributed by atoms with Crippen LogP contribution >= 0.6 is 23.2 Å². The van der Waals surface area contributed by atoms with Gasteiger partial charge in [0.2, 0.25) is 0 Å². The molecule has 2 rings (SSSR count). The first kappa shape index (κ1) is 14.4. The number of hydrogen-bond acceptors (Lipinski definition) is 2. The minimum absolute atomic E-state index is 0.0274. The summed E-state index contributed by atoms with van der Waals surface area (Å²) in [4.78, 5) is 0. The van der Waals surface area contributed by atoms with Crippen LogP contribution < -0.4 is 5.32 Å². The molecule has 1 aromatic heterocycles. The summed E-state index contributed by atoms with van der Waals surface area (Å²) in [6.45, 7) is 3.84. The van der Waals surface area contributed by atoms with Crippen molar-refractivity contribution >= 4 is 23.2 Å². The first-order valence-electron chi connectivity index (χ1n) is 5.93. The van der Waals surface area contributed by atoms with Gasteiger partial charge in [0.15, 0.2) is 0 Å². The first-order valence-corrected chi connectivity index (χ1v) is 6.69. The van der Waals surface area contributed by atoms with E-state index in [4.69, 9.17) is 27.6 Å². The van der Waals surface area contributed by atoms with Crippen LogP contribution in [-0.2, 0) is 0 Å². The van der Waals surface area contributed by atoms with E-state index in [0.717, 1.165) is 5.76 Å².